The van der Waals surface area contributed by atoms with Gasteiger partial charge in [-0.15, -0.1) is 23.5 Å². The number of rotatable bonds is 1. The molecular formula is C5H7O2S2. The fourth-order valence-corrected chi connectivity index (χ4v) is 2.76. The van der Waals surface area contributed by atoms with Crippen LogP contribution in [-0.2, 0) is 9.53 Å². The molecule has 51 valence electrons. The minimum atomic E-state index is -0.110. The van der Waals surface area contributed by atoms with E-state index >= 15 is 0 Å². The van der Waals surface area contributed by atoms with Crippen LogP contribution in [0.2, 0.25) is 0 Å². The zero-order valence-corrected chi connectivity index (χ0v) is 6.63. The Bertz CT molecular complexity index is 110. The van der Waals surface area contributed by atoms with E-state index < -0.39 is 0 Å². The highest BCUT2D eigenvalue weighted by Gasteiger charge is 2.24. The third-order valence-corrected chi connectivity index (χ3v) is 3.41. The molecule has 1 unspecified atom stereocenters. The van der Waals surface area contributed by atoms with Crippen LogP contribution in [0.3, 0.4) is 0 Å². The van der Waals surface area contributed by atoms with Gasteiger partial charge < -0.3 is 4.74 Å². The zero-order valence-electron chi connectivity index (χ0n) is 4.99. The van der Waals surface area contributed by atoms with Crippen LogP contribution in [0.5, 0.6) is 0 Å². The maximum absolute atomic E-state index is 10.7. The minimum Gasteiger partial charge on any atom is -0.468 e. The van der Waals surface area contributed by atoms with Gasteiger partial charge in [0.1, 0.15) is 5.25 Å². The molecule has 9 heavy (non-hydrogen) atoms. The number of ether oxygens (including phenoxy) is 1. The van der Waals surface area contributed by atoms with Gasteiger partial charge in [0.25, 0.3) is 0 Å². The molecule has 1 heterocycles. The van der Waals surface area contributed by atoms with E-state index in [1.807, 2.05) is 5.08 Å². The van der Waals surface area contributed by atoms with Gasteiger partial charge >= 0.3 is 5.97 Å². The smallest absolute Gasteiger partial charge is 0.319 e. The first-order valence-electron chi connectivity index (χ1n) is 2.51. The molecule has 0 amide bonds. The molecule has 0 aliphatic carbocycles. The Morgan fingerprint density at radius 1 is 1.89 bits per heavy atom. The highest BCUT2D eigenvalue weighted by Crippen LogP contribution is 2.34. The molecule has 2 nitrogen and oxygen atoms in total. The number of methoxy groups -OCH3 is 1. The molecule has 0 saturated carbocycles. The zero-order chi connectivity index (χ0) is 6.69. The number of hydrogen-bond donors (Lipinski definition) is 0. The lowest BCUT2D eigenvalue weighted by molar-refractivity contribution is -0.139. The Morgan fingerprint density at radius 2 is 2.67 bits per heavy atom. The molecule has 0 aromatic heterocycles. The summed E-state index contributed by atoms with van der Waals surface area (Å²) in [5.41, 5.74) is 0. The SMILES string of the molecule is COC(=O)C1CS[CH]S1. The van der Waals surface area contributed by atoms with Crippen molar-refractivity contribution in [3.8, 4) is 0 Å². The fourth-order valence-electron chi connectivity index (χ4n) is 0.527. The predicted molar refractivity (Wildman–Crippen MR) is 40.2 cm³/mol. The van der Waals surface area contributed by atoms with Crippen LogP contribution in [0.4, 0.5) is 0 Å². The average Bonchev–Trinajstić information content (AvgIpc) is 2.37. The van der Waals surface area contributed by atoms with Crippen LogP contribution in [0.15, 0.2) is 0 Å². The van der Waals surface area contributed by atoms with Crippen LogP contribution < -0.4 is 0 Å². The molecule has 0 aromatic rings. The normalized spacial score (nSPS) is 26.1. The second-order valence-electron chi connectivity index (χ2n) is 1.58. The quantitative estimate of drug-likeness (QED) is 0.541. The average molecular weight is 163 g/mol. The van der Waals surface area contributed by atoms with Gasteiger partial charge in [0, 0.05) is 5.75 Å². The maximum atomic E-state index is 10.7. The monoisotopic (exact) mass is 163 g/mol. The summed E-state index contributed by atoms with van der Waals surface area (Å²) in [6.45, 7) is 0. The molecule has 1 rings (SSSR count). The Morgan fingerprint density at radius 3 is 3.11 bits per heavy atom. The van der Waals surface area contributed by atoms with Crippen molar-refractivity contribution >= 4 is 29.5 Å². The van der Waals surface area contributed by atoms with E-state index in [9.17, 15) is 4.79 Å². The van der Waals surface area contributed by atoms with Crippen molar-refractivity contribution < 1.29 is 9.53 Å². The molecule has 0 N–H and O–H groups in total. The van der Waals surface area contributed by atoms with E-state index in [4.69, 9.17) is 0 Å². The van der Waals surface area contributed by atoms with Crippen molar-refractivity contribution in [2.45, 2.75) is 5.25 Å². The number of hydrogen-bond acceptors (Lipinski definition) is 4. The summed E-state index contributed by atoms with van der Waals surface area (Å²) in [6, 6.07) is 0. The van der Waals surface area contributed by atoms with Gasteiger partial charge in [0.2, 0.25) is 0 Å². The summed E-state index contributed by atoms with van der Waals surface area (Å²) < 4.78 is 4.54. The van der Waals surface area contributed by atoms with Gasteiger partial charge in [-0.1, -0.05) is 0 Å². The minimum absolute atomic E-state index is 0.0417. The van der Waals surface area contributed by atoms with Crippen LogP contribution in [0, 0.1) is 5.08 Å². The van der Waals surface area contributed by atoms with Crippen LogP contribution in [0.1, 0.15) is 0 Å². The van der Waals surface area contributed by atoms with Crippen molar-refractivity contribution in [1.29, 1.82) is 0 Å². The fraction of sp³-hybridized carbons (Fsp3) is 0.600. The number of esters is 1. The summed E-state index contributed by atoms with van der Waals surface area (Å²) in [4.78, 5) is 10.7. The Labute approximate surface area is 62.7 Å². The molecular weight excluding hydrogens is 156 g/mol. The van der Waals surface area contributed by atoms with E-state index in [2.05, 4.69) is 4.74 Å². The summed E-state index contributed by atoms with van der Waals surface area (Å²) >= 11 is 3.20. The third kappa shape index (κ3) is 1.79. The van der Waals surface area contributed by atoms with Gasteiger partial charge in [-0.3, -0.25) is 4.79 Å². The molecule has 4 heteroatoms. The Balaban J connectivity index is 2.32. The summed E-state index contributed by atoms with van der Waals surface area (Å²) in [5.74, 6) is 0.749. The standard InChI is InChI=1S/C5H7O2S2/c1-7-5(6)4-2-8-3-9-4/h3-4H,2H2,1H3. The molecule has 0 spiro atoms. The Kier molecular flexibility index (Phi) is 2.72. The third-order valence-electron chi connectivity index (χ3n) is 1.000. The molecule has 1 atom stereocenters. The van der Waals surface area contributed by atoms with Crippen molar-refractivity contribution in [3.63, 3.8) is 0 Å². The molecule has 1 radical (unpaired) electrons. The van der Waals surface area contributed by atoms with E-state index in [-0.39, 0.29) is 11.2 Å². The van der Waals surface area contributed by atoms with Gasteiger partial charge in [-0.2, -0.15) is 0 Å². The van der Waals surface area contributed by atoms with Gasteiger partial charge in [-0.25, -0.2) is 0 Å². The van der Waals surface area contributed by atoms with Crippen molar-refractivity contribution in [1.82, 2.24) is 0 Å². The van der Waals surface area contributed by atoms with Crippen molar-refractivity contribution in [2.75, 3.05) is 12.9 Å². The molecule has 1 saturated heterocycles. The largest absolute Gasteiger partial charge is 0.468 e. The molecule has 1 aliphatic rings. The van der Waals surface area contributed by atoms with Crippen LogP contribution in [0.25, 0.3) is 0 Å². The first-order chi connectivity index (χ1) is 4.34. The van der Waals surface area contributed by atoms with Crippen LogP contribution >= 0.6 is 23.5 Å². The van der Waals surface area contributed by atoms with Gasteiger partial charge in [-0.05, 0) is 0 Å². The molecule has 1 aliphatic heterocycles. The predicted octanol–water partition coefficient (Wildman–Crippen LogP) is 1.13. The molecule has 1 fully saturated rings. The second-order valence-corrected chi connectivity index (χ2v) is 3.86. The maximum Gasteiger partial charge on any atom is 0.319 e. The lowest BCUT2D eigenvalue weighted by atomic mass is 10.5. The number of thioether (sulfide) groups is 2. The van der Waals surface area contributed by atoms with E-state index in [0.29, 0.717) is 0 Å². The summed E-state index contributed by atoms with van der Waals surface area (Å²) in [6.07, 6.45) is 0. The summed E-state index contributed by atoms with van der Waals surface area (Å²) in [7, 11) is 1.42. The highest BCUT2D eigenvalue weighted by molar-refractivity contribution is 8.23. The molecule has 0 bridgehead atoms. The highest BCUT2D eigenvalue weighted by atomic mass is 32.2. The number of carbonyl (C=O) groups is 1. The second kappa shape index (κ2) is 3.37. The lowest BCUT2D eigenvalue weighted by Gasteiger charge is -2.01. The first kappa shape index (κ1) is 7.28. The lowest BCUT2D eigenvalue weighted by Crippen LogP contribution is -2.17. The van der Waals surface area contributed by atoms with E-state index in [1.54, 1.807) is 11.8 Å². The molecule has 0 aromatic carbocycles. The topological polar surface area (TPSA) is 26.3 Å². The van der Waals surface area contributed by atoms with Gasteiger partial charge in [0.05, 0.1) is 12.2 Å². The Hall–Kier alpha value is 0.170. The van der Waals surface area contributed by atoms with Crippen molar-refractivity contribution in [2.24, 2.45) is 0 Å². The van der Waals surface area contributed by atoms with Gasteiger partial charge in [0.15, 0.2) is 0 Å². The van der Waals surface area contributed by atoms with Crippen LogP contribution in [-0.4, -0.2) is 24.1 Å². The first-order valence-corrected chi connectivity index (χ1v) is 4.50. The number of carbonyl (C=O) groups excluding carboxylic acids is 1. The van der Waals surface area contributed by atoms with E-state index in [1.165, 1.54) is 18.9 Å². The van der Waals surface area contributed by atoms with E-state index in [0.717, 1.165) is 5.75 Å². The summed E-state index contributed by atoms with van der Waals surface area (Å²) in [5, 5.41) is 2.02. The van der Waals surface area contributed by atoms with Crippen molar-refractivity contribution in [3.05, 3.63) is 5.08 Å².